The second-order valence-electron chi connectivity index (χ2n) is 6.00. The van der Waals surface area contributed by atoms with E-state index in [9.17, 15) is 0 Å². The van der Waals surface area contributed by atoms with E-state index in [1.54, 1.807) is 0 Å². The summed E-state index contributed by atoms with van der Waals surface area (Å²) in [5.74, 6) is 0.893. The minimum absolute atomic E-state index is 0.101. The SMILES string of the molecule is CC1CCCN(C2CCOC(C)(C)C2)C1. The third-order valence-electron chi connectivity index (χ3n) is 3.88. The maximum atomic E-state index is 5.79. The molecule has 88 valence electrons. The van der Waals surface area contributed by atoms with Gasteiger partial charge in [0.25, 0.3) is 0 Å². The first-order valence-corrected chi connectivity index (χ1v) is 6.45. The van der Waals surface area contributed by atoms with Crippen LogP contribution in [0.3, 0.4) is 0 Å². The third kappa shape index (κ3) is 2.94. The van der Waals surface area contributed by atoms with Crippen molar-refractivity contribution in [1.82, 2.24) is 4.90 Å². The van der Waals surface area contributed by atoms with E-state index in [1.807, 2.05) is 0 Å². The van der Waals surface area contributed by atoms with E-state index in [2.05, 4.69) is 25.7 Å². The van der Waals surface area contributed by atoms with Crippen LogP contribution >= 0.6 is 0 Å². The van der Waals surface area contributed by atoms with Gasteiger partial charge >= 0.3 is 0 Å². The number of piperidine rings is 1. The van der Waals surface area contributed by atoms with Crippen molar-refractivity contribution in [3.63, 3.8) is 0 Å². The van der Waals surface area contributed by atoms with E-state index in [4.69, 9.17) is 4.74 Å². The summed E-state index contributed by atoms with van der Waals surface area (Å²) in [6.45, 7) is 10.4. The molecular formula is C13H25NO. The summed E-state index contributed by atoms with van der Waals surface area (Å²) in [7, 11) is 0. The first kappa shape index (κ1) is 11.4. The molecule has 2 unspecified atom stereocenters. The largest absolute Gasteiger partial charge is 0.375 e. The van der Waals surface area contributed by atoms with Crippen molar-refractivity contribution in [2.24, 2.45) is 5.92 Å². The highest BCUT2D eigenvalue weighted by molar-refractivity contribution is 4.86. The number of likely N-dealkylation sites (tertiary alicyclic amines) is 1. The van der Waals surface area contributed by atoms with E-state index in [-0.39, 0.29) is 5.60 Å². The smallest absolute Gasteiger partial charge is 0.0641 e. The lowest BCUT2D eigenvalue weighted by Crippen LogP contribution is -2.49. The predicted octanol–water partition coefficient (Wildman–Crippen LogP) is 2.68. The minimum Gasteiger partial charge on any atom is -0.375 e. The van der Waals surface area contributed by atoms with Crippen molar-refractivity contribution in [1.29, 1.82) is 0 Å². The van der Waals surface area contributed by atoms with Gasteiger partial charge in [0.1, 0.15) is 0 Å². The normalized spacial score (nSPS) is 37.8. The summed E-state index contributed by atoms with van der Waals surface area (Å²) in [5, 5.41) is 0. The molecule has 2 saturated heterocycles. The lowest BCUT2D eigenvalue weighted by Gasteiger charge is -2.44. The van der Waals surface area contributed by atoms with Gasteiger partial charge in [-0.25, -0.2) is 0 Å². The summed E-state index contributed by atoms with van der Waals surface area (Å²) in [5.41, 5.74) is 0.101. The number of ether oxygens (including phenoxy) is 1. The van der Waals surface area contributed by atoms with E-state index in [1.165, 1.54) is 38.8 Å². The van der Waals surface area contributed by atoms with Crippen LogP contribution in [0.1, 0.15) is 46.5 Å². The minimum atomic E-state index is 0.101. The molecule has 0 aromatic rings. The van der Waals surface area contributed by atoms with Gasteiger partial charge in [-0.2, -0.15) is 0 Å². The van der Waals surface area contributed by atoms with Crippen LogP contribution in [0, 0.1) is 5.92 Å². The van der Waals surface area contributed by atoms with Crippen LogP contribution in [-0.4, -0.2) is 36.2 Å². The van der Waals surface area contributed by atoms with Crippen molar-refractivity contribution in [2.75, 3.05) is 19.7 Å². The lowest BCUT2D eigenvalue weighted by atomic mass is 9.90. The molecule has 2 heteroatoms. The van der Waals surface area contributed by atoms with E-state index in [0.29, 0.717) is 0 Å². The van der Waals surface area contributed by atoms with Gasteiger partial charge in [-0.05, 0) is 52.0 Å². The highest BCUT2D eigenvalue weighted by atomic mass is 16.5. The first-order chi connectivity index (χ1) is 7.07. The molecule has 0 bridgehead atoms. The zero-order chi connectivity index (χ0) is 10.9. The van der Waals surface area contributed by atoms with Crippen molar-refractivity contribution < 1.29 is 4.74 Å². The van der Waals surface area contributed by atoms with E-state index < -0.39 is 0 Å². The van der Waals surface area contributed by atoms with Gasteiger partial charge < -0.3 is 4.74 Å². The van der Waals surface area contributed by atoms with Gasteiger partial charge in [0.05, 0.1) is 5.60 Å². The fourth-order valence-corrected chi connectivity index (χ4v) is 3.07. The second-order valence-corrected chi connectivity index (χ2v) is 6.00. The Labute approximate surface area is 94.0 Å². The number of hydrogen-bond donors (Lipinski definition) is 0. The summed E-state index contributed by atoms with van der Waals surface area (Å²) < 4.78 is 5.79. The van der Waals surface area contributed by atoms with Crippen molar-refractivity contribution in [3.8, 4) is 0 Å². The van der Waals surface area contributed by atoms with Gasteiger partial charge in [0.2, 0.25) is 0 Å². The fourth-order valence-electron chi connectivity index (χ4n) is 3.07. The molecule has 15 heavy (non-hydrogen) atoms. The van der Waals surface area contributed by atoms with Gasteiger partial charge in [-0.15, -0.1) is 0 Å². The van der Waals surface area contributed by atoms with Crippen LogP contribution in [0.4, 0.5) is 0 Å². The fraction of sp³-hybridized carbons (Fsp3) is 1.00. The molecule has 2 nitrogen and oxygen atoms in total. The van der Waals surface area contributed by atoms with Crippen molar-refractivity contribution >= 4 is 0 Å². The van der Waals surface area contributed by atoms with Gasteiger partial charge in [0.15, 0.2) is 0 Å². The van der Waals surface area contributed by atoms with E-state index >= 15 is 0 Å². The maximum Gasteiger partial charge on any atom is 0.0641 e. The maximum absolute atomic E-state index is 5.79. The van der Waals surface area contributed by atoms with Crippen LogP contribution in [0.25, 0.3) is 0 Å². The Morgan fingerprint density at radius 1 is 1.27 bits per heavy atom. The van der Waals surface area contributed by atoms with Crippen LogP contribution in [-0.2, 0) is 4.74 Å². The zero-order valence-electron chi connectivity index (χ0n) is 10.5. The molecule has 0 aromatic heterocycles. The predicted molar refractivity (Wildman–Crippen MR) is 63.0 cm³/mol. The number of nitrogens with zero attached hydrogens (tertiary/aromatic N) is 1. The molecule has 2 aliphatic rings. The second kappa shape index (κ2) is 4.42. The molecule has 2 atom stereocenters. The Morgan fingerprint density at radius 2 is 2.07 bits per heavy atom. The lowest BCUT2D eigenvalue weighted by molar-refractivity contribution is -0.0874. The molecule has 0 spiro atoms. The summed E-state index contributed by atoms with van der Waals surface area (Å²) >= 11 is 0. The Hall–Kier alpha value is -0.0800. The Bertz CT molecular complexity index is 215. The van der Waals surface area contributed by atoms with Gasteiger partial charge in [0, 0.05) is 19.2 Å². The molecular weight excluding hydrogens is 186 g/mol. The quantitative estimate of drug-likeness (QED) is 0.661. The van der Waals surface area contributed by atoms with Crippen LogP contribution in [0.15, 0.2) is 0 Å². The van der Waals surface area contributed by atoms with Crippen LogP contribution in [0.5, 0.6) is 0 Å². The molecule has 0 aromatic carbocycles. The van der Waals surface area contributed by atoms with Gasteiger partial charge in [-0.3, -0.25) is 4.90 Å². The van der Waals surface area contributed by atoms with Crippen molar-refractivity contribution in [3.05, 3.63) is 0 Å². The molecule has 0 radical (unpaired) electrons. The molecule has 2 heterocycles. The monoisotopic (exact) mass is 211 g/mol. The number of hydrogen-bond acceptors (Lipinski definition) is 2. The Balaban J connectivity index is 1.92. The van der Waals surface area contributed by atoms with Crippen molar-refractivity contribution in [2.45, 2.75) is 58.1 Å². The Morgan fingerprint density at radius 3 is 2.73 bits per heavy atom. The number of rotatable bonds is 1. The highest BCUT2D eigenvalue weighted by Gasteiger charge is 2.33. The molecule has 0 amide bonds. The third-order valence-corrected chi connectivity index (χ3v) is 3.88. The average molecular weight is 211 g/mol. The average Bonchev–Trinajstić information content (AvgIpc) is 2.16. The molecule has 2 fully saturated rings. The van der Waals surface area contributed by atoms with Crippen LogP contribution in [0.2, 0.25) is 0 Å². The molecule has 2 aliphatic heterocycles. The molecule has 0 saturated carbocycles. The Kier molecular flexibility index (Phi) is 3.36. The standard InChI is InChI=1S/C13H25NO/c1-11-5-4-7-14(10-11)12-6-8-15-13(2,3)9-12/h11-12H,4-10H2,1-3H3. The topological polar surface area (TPSA) is 12.5 Å². The first-order valence-electron chi connectivity index (χ1n) is 6.45. The highest BCUT2D eigenvalue weighted by Crippen LogP contribution is 2.29. The van der Waals surface area contributed by atoms with E-state index in [0.717, 1.165) is 18.6 Å². The molecule has 2 rings (SSSR count). The molecule has 0 aliphatic carbocycles. The van der Waals surface area contributed by atoms with Crippen LogP contribution < -0.4 is 0 Å². The zero-order valence-corrected chi connectivity index (χ0v) is 10.5. The summed E-state index contributed by atoms with van der Waals surface area (Å²) in [6, 6.07) is 0.775. The summed E-state index contributed by atoms with van der Waals surface area (Å²) in [4.78, 5) is 2.71. The van der Waals surface area contributed by atoms with Gasteiger partial charge in [-0.1, -0.05) is 6.92 Å². The molecule has 0 N–H and O–H groups in total. The summed E-state index contributed by atoms with van der Waals surface area (Å²) in [6.07, 6.45) is 5.25.